The minimum absolute atomic E-state index is 0.122. The average Bonchev–Trinajstić information content (AvgIpc) is 2.09. The van der Waals surface area contributed by atoms with Crippen LogP contribution in [0.1, 0.15) is 6.42 Å². The maximum atomic E-state index is 10.9. The van der Waals surface area contributed by atoms with E-state index in [9.17, 15) is 4.79 Å². The lowest BCUT2D eigenvalue weighted by Crippen LogP contribution is -2.09. The van der Waals surface area contributed by atoms with E-state index in [2.05, 4.69) is 17.9 Å². The van der Waals surface area contributed by atoms with Crippen LogP contribution in [0.2, 0.25) is 0 Å². The highest BCUT2D eigenvalue weighted by molar-refractivity contribution is 7.80. The number of rotatable bonds is 2. The Morgan fingerprint density at radius 3 is 2.62 bits per heavy atom. The third kappa shape index (κ3) is 3.18. The van der Waals surface area contributed by atoms with Crippen molar-refractivity contribution in [2.45, 2.75) is 11.3 Å². The van der Waals surface area contributed by atoms with Gasteiger partial charge in [-0.3, -0.25) is 4.79 Å². The van der Waals surface area contributed by atoms with E-state index in [0.29, 0.717) is 5.69 Å². The fourth-order valence-electron chi connectivity index (χ4n) is 0.822. The van der Waals surface area contributed by atoms with Crippen LogP contribution in [0.25, 0.3) is 0 Å². The Bertz CT molecular complexity index is 340. The van der Waals surface area contributed by atoms with Crippen LogP contribution in [0.4, 0.5) is 5.69 Å². The molecule has 0 aliphatic heterocycles. The van der Waals surface area contributed by atoms with Crippen LogP contribution in [0, 0.1) is 11.3 Å². The molecule has 0 spiro atoms. The standard InChI is InChI=1S/C9H8N2OS/c10-6-5-9(12)11-7-1-3-8(13)4-2-7/h1-4,13H,5H2,(H,11,12). The highest BCUT2D eigenvalue weighted by Crippen LogP contribution is 2.11. The number of carbonyl (C=O) groups excluding carboxylic acids is 1. The summed E-state index contributed by atoms with van der Waals surface area (Å²) >= 11 is 4.10. The highest BCUT2D eigenvalue weighted by Gasteiger charge is 1.99. The van der Waals surface area contributed by atoms with Crippen LogP contribution >= 0.6 is 12.6 Å². The Morgan fingerprint density at radius 1 is 1.46 bits per heavy atom. The van der Waals surface area contributed by atoms with Crippen LogP contribution in [0.3, 0.4) is 0 Å². The van der Waals surface area contributed by atoms with Gasteiger partial charge in [-0.1, -0.05) is 0 Å². The van der Waals surface area contributed by atoms with Crippen molar-refractivity contribution in [2.24, 2.45) is 0 Å². The van der Waals surface area contributed by atoms with Crippen molar-refractivity contribution < 1.29 is 4.79 Å². The van der Waals surface area contributed by atoms with E-state index in [1.165, 1.54) is 0 Å². The van der Waals surface area contributed by atoms with Crippen LogP contribution < -0.4 is 5.32 Å². The second-order valence-corrected chi connectivity index (χ2v) is 2.95. The smallest absolute Gasteiger partial charge is 0.238 e. The molecule has 0 aliphatic rings. The molecule has 0 aromatic heterocycles. The molecular weight excluding hydrogens is 184 g/mol. The summed E-state index contributed by atoms with van der Waals surface area (Å²) in [5, 5.41) is 10.8. The summed E-state index contributed by atoms with van der Waals surface area (Å²) in [4.78, 5) is 11.8. The monoisotopic (exact) mass is 192 g/mol. The molecule has 1 aromatic carbocycles. The number of thiol groups is 1. The Labute approximate surface area is 81.8 Å². The summed E-state index contributed by atoms with van der Waals surface area (Å²) < 4.78 is 0. The SMILES string of the molecule is N#CCC(=O)Nc1ccc(S)cc1. The van der Waals surface area contributed by atoms with Crippen molar-refractivity contribution in [3.63, 3.8) is 0 Å². The Balaban J connectivity index is 2.60. The van der Waals surface area contributed by atoms with Crippen LogP contribution in [0.15, 0.2) is 29.2 Å². The predicted molar refractivity (Wildman–Crippen MR) is 52.6 cm³/mol. The number of nitrogens with one attached hydrogen (secondary N) is 1. The Kier molecular flexibility index (Phi) is 3.35. The largest absolute Gasteiger partial charge is 0.325 e. The molecule has 0 heterocycles. The lowest BCUT2D eigenvalue weighted by molar-refractivity contribution is -0.115. The van der Waals surface area contributed by atoms with Gasteiger partial charge in [-0.15, -0.1) is 12.6 Å². The van der Waals surface area contributed by atoms with Gasteiger partial charge >= 0.3 is 0 Å². The minimum atomic E-state index is -0.297. The molecule has 1 amide bonds. The summed E-state index contributed by atoms with van der Waals surface area (Å²) in [6.45, 7) is 0. The molecule has 0 atom stereocenters. The molecule has 4 heteroatoms. The molecule has 0 fully saturated rings. The molecule has 1 aromatic rings. The molecule has 66 valence electrons. The average molecular weight is 192 g/mol. The van der Waals surface area contributed by atoms with E-state index >= 15 is 0 Å². The quantitative estimate of drug-likeness (QED) is 0.702. The predicted octanol–water partition coefficient (Wildman–Crippen LogP) is 1.83. The summed E-state index contributed by atoms with van der Waals surface area (Å²) in [7, 11) is 0. The van der Waals surface area contributed by atoms with Gasteiger partial charge in [-0.05, 0) is 24.3 Å². The number of amides is 1. The van der Waals surface area contributed by atoms with Gasteiger partial charge in [0.15, 0.2) is 0 Å². The van der Waals surface area contributed by atoms with Crippen LogP contribution in [0.5, 0.6) is 0 Å². The first-order valence-corrected chi connectivity index (χ1v) is 4.13. The summed E-state index contributed by atoms with van der Waals surface area (Å²) in [6, 6.07) is 8.78. The first kappa shape index (κ1) is 9.62. The van der Waals surface area contributed by atoms with Crippen molar-refractivity contribution in [3.05, 3.63) is 24.3 Å². The molecule has 0 radical (unpaired) electrons. The molecule has 0 bridgehead atoms. The van der Waals surface area contributed by atoms with Crippen molar-refractivity contribution in [2.75, 3.05) is 5.32 Å². The molecule has 0 aliphatic carbocycles. The lowest BCUT2D eigenvalue weighted by Gasteiger charge is -2.01. The number of benzene rings is 1. The van der Waals surface area contributed by atoms with E-state index in [4.69, 9.17) is 5.26 Å². The fourth-order valence-corrected chi connectivity index (χ4v) is 0.971. The highest BCUT2D eigenvalue weighted by atomic mass is 32.1. The normalized spacial score (nSPS) is 8.92. The van der Waals surface area contributed by atoms with Gasteiger partial charge in [0.2, 0.25) is 5.91 Å². The topological polar surface area (TPSA) is 52.9 Å². The zero-order chi connectivity index (χ0) is 9.68. The van der Waals surface area contributed by atoms with E-state index in [1.54, 1.807) is 30.3 Å². The maximum Gasteiger partial charge on any atom is 0.238 e. The van der Waals surface area contributed by atoms with Crippen molar-refractivity contribution in [1.29, 1.82) is 5.26 Å². The number of nitrogens with zero attached hydrogens (tertiary/aromatic N) is 1. The van der Waals surface area contributed by atoms with E-state index < -0.39 is 0 Å². The van der Waals surface area contributed by atoms with Gasteiger partial charge in [-0.25, -0.2) is 0 Å². The Hall–Kier alpha value is -1.47. The van der Waals surface area contributed by atoms with Crippen LogP contribution in [-0.4, -0.2) is 5.91 Å². The lowest BCUT2D eigenvalue weighted by atomic mass is 10.3. The zero-order valence-electron chi connectivity index (χ0n) is 6.82. The third-order valence-corrected chi connectivity index (χ3v) is 1.69. The summed E-state index contributed by atoms with van der Waals surface area (Å²) in [5.41, 5.74) is 0.679. The van der Waals surface area contributed by atoms with Gasteiger partial charge in [-0.2, -0.15) is 5.26 Å². The minimum Gasteiger partial charge on any atom is -0.325 e. The molecule has 0 saturated carbocycles. The van der Waals surface area contributed by atoms with Gasteiger partial charge in [0.1, 0.15) is 6.42 Å². The first-order valence-electron chi connectivity index (χ1n) is 3.68. The van der Waals surface area contributed by atoms with E-state index in [1.807, 2.05) is 0 Å². The van der Waals surface area contributed by atoms with Gasteiger partial charge < -0.3 is 5.32 Å². The Morgan fingerprint density at radius 2 is 2.08 bits per heavy atom. The maximum absolute atomic E-state index is 10.9. The number of hydrogen-bond acceptors (Lipinski definition) is 3. The number of hydrogen-bond donors (Lipinski definition) is 2. The molecule has 13 heavy (non-hydrogen) atoms. The van der Waals surface area contributed by atoms with E-state index in [0.717, 1.165) is 4.90 Å². The summed E-state index contributed by atoms with van der Waals surface area (Å²) in [5.74, 6) is -0.297. The third-order valence-electron chi connectivity index (χ3n) is 1.39. The second kappa shape index (κ2) is 4.53. The number of anilines is 1. The molecule has 1 rings (SSSR count). The molecule has 3 nitrogen and oxygen atoms in total. The fraction of sp³-hybridized carbons (Fsp3) is 0.111. The van der Waals surface area contributed by atoms with Crippen molar-refractivity contribution >= 4 is 24.2 Å². The second-order valence-electron chi connectivity index (χ2n) is 2.43. The molecule has 1 N–H and O–H groups in total. The van der Waals surface area contributed by atoms with Crippen LogP contribution in [-0.2, 0) is 4.79 Å². The molecular formula is C9H8N2OS. The van der Waals surface area contributed by atoms with Crippen molar-refractivity contribution in [1.82, 2.24) is 0 Å². The van der Waals surface area contributed by atoms with Gasteiger partial charge in [0.25, 0.3) is 0 Å². The van der Waals surface area contributed by atoms with E-state index in [-0.39, 0.29) is 12.3 Å². The number of carbonyl (C=O) groups is 1. The zero-order valence-corrected chi connectivity index (χ0v) is 7.71. The first-order chi connectivity index (χ1) is 6.22. The summed E-state index contributed by atoms with van der Waals surface area (Å²) in [6.07, 6.45) is -0.122. The number of nitriles is 1. The molecule has 0 saturated heterocycles. The van der Waals surface area contributed by atoms with Gasteiger partial charge in [0, 0.05) is 10.6 Å². The van der Waals surface area contributed by atoms with Gasteiger partial charge in [0.05, 0.1) is 6.07 Å². The van der Waals surface area contributed by atoms with Crippen molar-refractivity contribution in [3.8, 4) is 6.07 Å². The molecule has 0 unspecified atom stereocenters.